The molecule has 0 bridgehead atoms. The van der Waals surface area contributed by atoms with Gasteiger partial charge < -0.3 is 14.5 Å². The molecule has 0 aliphatic heterocycles. The number of nitrogens with zero attached hydrogens (tertiary/aromatic N) is 1. The van der Waals surface area contributed by atoms with Crippen molar-refractivity contribution in [1.82, 2.24) is 0 Å². The Hall–Kier alpha value is -4.20. The number of esters is 1. The molecule has 0 atom stereocenters. The molecular weight excluding hydrogens is 388 g/mol. The molecule has 30 heavy (non-hydrogen) atoms. The minimum absolute atomic E-state index is 0.00591. The second-order valence-electron chi connectivity index (χ2n) is 6.69. The van der Waals surface area contributed by atoms with Crippen molar-refractivity contribution in [3.8, 4) is 0 Å². The van der Waals surface area contributed by atoms with Crippen molar-refractivity contribution in [2.45, 2.75) is 6.92 Å². The first kappa shape index (κ1) is 19.1. The van der Waals surface area contributed by atoms with Crippen LogP contribution in [0.25, 0.3) is 21.9 Å². The quantitative estimate of drug-likeness (QED) is 0.296. The predicted octanol–water partition coefficient (Wildman–Crippen LogP) is 4.60. The molecule has 150 valence electrons. The van der Waals surface area contributed by atoms with Gasteiger partial charge in [-0.15, -0.1) is 0 Å². The third-order valence-electron chi connectivity index (χ3n) is 4.64. The maximum absolute atomic E-state index is 12.2. The number of nitro groups is 1. The molecule has 8 nitrogen and oxygen atoms in total. The van der Waals surface area contributed by atoms with Crippen LogP contribution in [0.15, 0.2) is 65.1 Å². The van der Waals surface area contributed by atoms with E-state index < -0.39 is 23.4 Å². The lowest BCUT2D eigenvalue weighted by molar-refractivity contribution is -0.385. The summed E-state index contributed by atoms with van der Waals surface area (Å²) < 4.78 is 10.7. The molecule has 1 amide bonds. The van der Waals surface area contributed by atoms with Crippen molar-refractivity contribution < 1.29 is 23.7 Å². The number of benzene rings is 3. The van der Waals surface area contributed by atoms with E-state index in [-0.39, 0.29) is 11.3 Å². The van der Waals surface area contributed by atoms with Crippen molar-refractivity contribution in [3.63, 3.8) is 0 Å². The van der Waals surface area contributed by atoms with Gasteiger partial charge in [0.25, 0.3) is 11.6 Å². The molecule has 0 unspecified atom stereocenters. The number of para-hydroxylation sites is 1. The Morgan fingerprint density at radius 2 is 1.80 bits per heavy atom. The summed E-state index contributed by atoms with van der Waals surface area (Å²) >= 11 is 0. The third-order valence-corrected chi connectivity index (χ3v) is 4.64. The van der Waals surface area contributed by atoms with Gasteiger partial charge in [0.1, 0.15) is 11.2 Å². The molecule has 4 aromatic rings. The summed E-state index contributed by atoms with van der Waals surface area (Å²) in [6.07, 6.45) is 0. The molecule has 1 heterocycles. The summed E-state index contributed by atoms with van der Waals surface area (Å²) in [7, 11) is 0. The van der Waals surface area contributed by atoms with Gasteiger partial charge in [0.15, 0.2) is 6.61 Å². The number of hydrogen-bond acceptors (Lipinski definition) is 6. The van der Waals surface area contributed by atoms with Crippen molar-refractivity contribution >= 4 is 45.2 Å². The van der Waals surface area contributed by atoms with Gasteiger partial charge in [0.05, 0.1) is 10.5 Å². The zero-order valence-electron chi connectivity index (χ0n) is 15.9. The molecule has 3 aromatic carbocycles. The second-order valence-corrected chi connectivity index (χ2v) is 6.69. The maximum atomic E-state index is 12.2. The minimum atomic E-state index is -0.815. The zero-order valence-corrected chi connectivity index (χ0v) is 15.9. The zero-order chi connectivity index (χ0) is 21.3. The number of carbonyl (C=O) groups excluding carboxylic acids is 2. The number of nitrogens with one attached hydrogen (secondary N) is 1. The van der Waals surface area contributed by atoms with Gasteiger partial charge in [-0.05, 0) is 37.3 Å². The summed E-state index contributed by atoms with van der Waals surface area (Å²) in [6, 6.07) is 16.8. The molecule has 4 rings (SSSR count). The Morgan fingerprint density at radius 3 is 2.60 bits per heavy atom. The lowest BCUT2D eigenvalue weighted by Gasteiger charge is -2.07. The van der Waals surface area contributed by atoms with Crippen LogP contribution < -0.4 is 5.32 Å². The molecule has 0 spiro atoms. The molecule has 0 aliphatic rings. The molecular formula is C22H16N2O6. The van der Waals surface area contributed by atoms with Gasteiger partial charge in [-0.1, -0.05) is 24.3 Å². The number of anilines is 1. The first-order chi connectivity index (χ1) is 14.4. The topological polar surface area (TPSA) is 112 Å². The fraction of sp³-hybridized carbons (Fsp3) is 0.0909. The summed E-state index contributed by atoms with van der Waals surface area (Å²) in [5.74, 6) is -1.35. The van der Waals surface area contributed by atoms with Gasteiger partial charge in [-0.3, -0.25) is 14.9 Å². The van der Waals surface area contributed by atoms with Crippen LogP contribution in [0.4, 0.5) is 11.4 Å². The van der Waals surface area contributed by atoms with Crippen molar-refractivity contribution in [2.75, 3.05) is 11.9 Å². The largest absolute Gasteiger partial charge is 0.456 e. The van der Waals surface area contributed by atoms with E-state index in [1.807, 2.05) is 24.3 Å². The number of carbonyl (C=O) groups is 2. The van der Waals surface area contributed by atoms with Crippen LogP contribution in [0.5, 0.6) is 0 Å². The number of fused-ring (bicyclic) bond motifs is 3. The molecule has 0 saturated heterocycles. The van der Waals surface area contributed by atoms with E-state index in [1.54, 1.807) is 25.1 Å². The first-order valence-corrected chi connectivity index (χ1v) is 9.06. The Balaban J connectivity index is 1.43. The Kier molecular flexibility index (Phi) is 4.89. The number of hydrogen-bond donors (Lipinski definition) is 1. The van der Waals surface area contributed by atoms with Crippen LogP contribution in [0.2, 0.25) is 0 Å². The molecule has 1 N–H and O–H groups in total. The van der Waals surface area contributed by atoms with Crippen LogP contribution >= 0.6 is 0 Å². The molecule has 0 fully saturated rings. The van der Waals surface area contributed by atoms with Crippen molar-refractivity contribution in [3.05, 3.63) is 81.9 Å². The highest BCUT2D eigenvalue weighted by Gasteiger charge is 2.17. The number of rotatable bonds is 5. The highest BCUT2D eigenvalue weighted by atomic mass is 16.6. The molecule has 0 aliphatic carbocycles. The van der Waals surface area contributed by atoms with Crippen LogP contribution in [0.1, 0.15) is 15.9 Å². The molecule has 1 aromatic heterocycles. The summed E-state index contributed by atoms with van der Waals surface area (Å²) in [4.78, 5) is 34.8. The Bertz CT molecular complexity index is 1310. The number of furan rings is 1. The number of ether oxygens (including phenoxy) is 1. The Labute approximate surface area is 170 Å². The monoisotopic (exact) mass is 404 g/mol. The normalized spacial score (nSPS) is 10.8. The van der Waals surface area contributed by atoms with Gasteiger partial charge >= 0.3 is 5.97 Å². The lowest BCUT2D eigenvalue weighted by atomic mass is 10.1. The summed E-state index contributed by atoms with van der Waals surface area (Å²) in [5.41, 5.74) is 2.22. The van der Waals surface area contributed by atoms with Crippen LogP contribution in [-0.2, 0) is 9.53 Å². The summed E-state index contributed by atoms with van der Waals surface area (Å²) in [5, 5.41) is 15.5. The van der Waals surface area contributed by atoms with E-state index in [4.69, 9.17) is 9.15 Å². The molecule has 0 radical (unpaired) electrons. The first-order valence-electron chi connectivity index (χ1n) is 9.06. The van der Waals surface area contributed by atoms with Crippen molar-refractivity contribution in [2.24, 2.45) is 0 Å². The molecule has 0 saturated carbocycles. The van der Waals surface area contributed by atoms with Crippen molar-refractivity contribution in [1.29, 1.82) is 0 Å². The van der Waals surface area contributed by atoms with Gasteiger partial charge in [-0.25, -0.2) is 4.79 Å². The van der Waals surface area contributed by atoms with E-state index in [0.717, 1.165) is 22.4 Å². The predicted molar refractivity (Wildman–Crippen MR) is 110 cm³/mol. The lowest BCUT2D eigenvalue weighted by Crippen LogP contribution is -2.21. The van der Waals surface area contributed by atoms with Gasteiger partial charge in [0.2, 0.25) is 0 Å². The second kappa shape index (κ2) is 7.67. The van der Waals surface area contributed by atoms with E-state index in [2.05, 4.69) is 5.32 Å². The van der Waals surface area contributed by atoms with E-state index in [1.165, 1.54) is 12.1 Å². The highest BCUT2D eigenvalue weighted by molar-refractivity contribution is 6.07. The van der Waals surface area contributed by atoms with Crippen LogP contribution in [-0.4, -0.2) is 23.4 Å². The number of nitro benzene ring substituents is 1. The SMILES string of the molecule is Cc1ccc(C(=O)OCC(=O)Nc2ccc3oc4ccccc4c3c2)cc1[N+](=O)[O-]. The highest BCUT2D eigenvalue weighted by Crippen LogP contribution is 2.30. The maximum Gasteiger partial charge on any atom is 0.338 e. The van der Waals surface area contributed by atoms with Gasteiger partial charge in [0, 0.05) is 28.1 Å². The Morgan fingerprint density at radius 1 is 1.03 bits per heavy atom. The average molecular weight is 404 g/mol. The summed E-state index contributed by atoms with van der Waals surface area (Å²) in [6.45, 7) is 1.05. The fourth-order valence-electron chi connectivity index (χ4n) is 3.15. The fourth-order valence-corrected chi connectivity index (χ4v) is 3.15. The average Bonchev–Trinajstić information content (AvgIpc) is 3.10. The standard InChI is InChI=1S/C22H16N2O6/c1-13-6-7-14(10-18(13)24(27)28)22(26)29-12-21(25)23-15-8-9-20-17(11-15)16-4-2-3-5-19(16)30-20/h2-11H,12H2,1H3,(H,23,25). The van der Waals surface area contributed by atoms with E-state index >= 15 is 0 Å². The van der Waals surface area contributed by atoms with E-state index in [9.17, 15) is 19.7 Å². The van der Waals surface area contributed by atoms with Gasteiger partial charge in [-0.2, -0.15) is 0 Å². The smallest absolute Gasteiger partial charge is 0.338 e. The third kappa shape index (κ3) is 3.70. The number of aryl methyl sites for hydroxylation is 1. The minimum Gasteiger partial charge on any atom is -0.456 e. The number of amides is 1. The van der Waals surface area contributed by atoms with Crippen LogP contribution in [0.3, 0.4) is 0 Å². The molecule has 8 heteroatoms. The van der Waals surface area contributed by atoms with Crippen LogP contribution in [0, 0.1) is 17.0 Å². The van der Waals surface area contributed by atoms with E-state index in [0.29, 0.717) is 16.8 Å².